The van der Waals surface area contributed by atoms with Crippen LogP contribution in [0, 0.1) is 5.82 Å². The summed E-state index contributed by atoms with van der Waals surface area (Å²) in [4.78, 5) is 12.1. The molecule has 0 fully saturated rings. The van der Waals surface area contributed by atoms with Crippen molar-refractivity contribution >= 4 is 5.97 Å². The summed E-state index contributed by atoms with van der Waals surface area (Å²) < 4.78 is 19.1. The molecule has 0 aliphatic heterocycles. The average Bonchev–Trinajstić information content (AvgIpc) is 2.51. The molecule has 0 saturated heterocycles. The Morgan fingerprint density at radius 1 is 0.955 bits per heavy atom. The van der Waals surface area contributed by atoms with Gasteiger partial charge in [-0.3, -0.25) is 0 Å². The Kier molecular flexibility index (Phi) is 5.70. The number of carbonyl (C=O) groups excluding carboxylic acids is 1. The minimum atomic E-state index is -0.537. The van der Waals surface area contributed by atoms with Crippen LogP contribution < -0.4 is 4.74 Å². The SMILES string of the molecule is CCCc1ccc(C(=O)Oc2ccc(CCC)cc2F)cc1. The van der Waals surface area contributed by atoms with Crippen molar-refractivity contribution in [2.45, 2.75) is 39.5 Å². The normalized spacial score (nSPS) is 10.5. The predicted octanol–water partition coefficient (Wildman–Crippen LogP) is 4.95. The second-order valence-electron chi connectivity index (χ2n) is 5.35. The molecule has 0 atom stereocenters. The van der Waals surface area contributed by atoms with Crippen molar-refractivity contribution in [3.8, 4) is 5.75 Å². The Morgan fingerprint density at radius 3 is 2.14 bits per heavy atom. The van der Waals surface area contributed by atoms with Gasteiger partial charge < -0.3 is 4.74 Å². The number of hydrogen-bond acceptors (Lipinski definition) is 2. The molecule has 0 bridgehead atoms. The molecule has 2 rings (SSSR count). The van der Waals surface area contributed by atoms with Crippen LogP contribution >= 0.6 is 0 Å². The van der Waals surface area contributed by atoms with E-state index in [9.17, 15) is 9.18 Å². The fourth-order valence-electron chi connectivity index (χ4n) is 2.33. The number of aryl methyl sites for hydroxylation is 2. The Labute approximate surface area is 130 Å². The number of hydrogen-bond donors (Lipinski definition) is 0. The van der Waals surface area contributed by atoms with Gasteiger partial charge in [-0.05, 0) is 48.2 Å². The lowest BCUT2D eigenvalue weighted by Gasteiger charge is -2.07. The molecular formula is C19H21FO2. The summed E-state index contributed by atoms with van der Waals surface area (Å²) in [5.41, 5.74) is 2.51. The lowest BCUT2D eigenvalue weighted by atomic mass is 10.1. The molecule has 0 aliphatic carbocycles. The zero-order chi connectivity index (χ0) is 15.9. The van der Waals surface area contributed by atoms with Gasteiger partial charge in [-0.15, -0.1) is 0 Å². The quantitative estimate of drug-likeness (QED) is 0.557. The van der Waals surface area contributed by atoms with E-state index in [1.807, 2.05) is 19.1 Å². The van der Waals surface area contributed by atoms with E-state index >= 15 is 0 Å². The molecule has 0 aliphatic rings. The highest BCUT2D eigenvalue weighted by atomic mass is 19.1. The molecule has 2 aromatic rings. The van der Waals surface area contributed by atoms with Crippen molar-refractivity contribution in [2.24, 2.45) is 0 Å². The summed E-state index contributed by atoms with van der Waals surface area (Å²) in [5.74, 6) is -1.06. The number of halogens is 1. The molecular weight excluding hydrogens is 279 g/mol. The summed E-state index contributed by atoms with van der Waals surface area (Å²) in [6.45, 7) is 4.14. The van der Waals surface area contributed by atoms with Gasteiger partial charge in [0.25, 0.3) is 0 Å². The molecule has 0 N–H and O–H groups in total. The number of benzene rings is 2. The van der Waals surface area contributed by atoms with Crippen molar-refractivity contribution in [2.75, 3.05) is 0 Å². The zero-order valence-electron chi connectivity index (χ0n) is 13.1. The van der Waals surface area contributed by atoms with E-state index in [2.05, 4.69) is 6.92 Å². The second-order valence-corrected chi connectivity index (χ2v) is 5.35. The molecule has 0 aromatic heterocycles. The zero-order valence-corrected chi connectivity index (χ0v) is 13.1. The predicted molar refractivity (Wildman–Crippen MR) is 85.8 cm³/mol. The van der Waals surface area contributed by atoms with Gasteiger partial charge in [-0.25, -0.2) is 9.18 Å². The maximum absolute atomic E-state index is 13.9. The van der Waals surface area contributed by atoms with Crippen LogP contribution in [0.5, 0.6) is 5.75 Å². The van der Waals surface area contributed by atoms with E-state index in [1.54, 1.807) is 18.2 Å². The van der Waals surface area contributed by atoms with Crippen LogP contribution in [0.1, 0.15) is 48.2 Å². The molecule has 2 nitrogen and oxygen atoms in total. The summed E-state index contributed by atoms with van der Waals surface area (Å²) >= 11 is 0. The van der Waals surface area contributed by atoms with E-state index in [-0.39, 0.29) is 5.75 Å². The van der Waals surface area contributed by atoms with Gasteiger partial charge in [0.05, 0.1) is 5.56 Å². The molecule has 0 heterocycles. The van der Waals surface area contributed by atoms with E-state index in [0.717, 1.165) is 31.2 Å². The van der Waals surface area contributed by atoms with E-state index in [4.69, 9.17) is 4.74 Å². The molecule has 3 heteroatoms. The third kappa shape index (κ3) is 4.17. The number of rotatable bonds is 6. The van der Waals surface area contributed by atoms with Gasteiger partial charge in [0.1, 0.15) is 0 Å². The highest BCUT2D eigenvalue weighted by Crippen LogP contribution is 2.20. The Hall–Kier alpha value is -2.16. The van der Waals surface area contributed by atoms with Gasteiger partial charge in [-0.1, -0.05) is 44.9 Å². The largest absolute Gasteiger partial charge is 0.420 e. The first kappa shape index (κ1) is 16.2. The molecule has 0 radical (unpaired) electrons. The van der Waals surface area contributed by atoms with Crippen LogP contribution in [0.25, 0.3) is 0 Å². The molecule has 0 saturated carbocycles. The smallest absolute Gasteiger partial charge is 0.343 e. The van der Waals surface area contributed by atoms with Crippen molar-refractivity contribution in [1.29, 1.82) is 0 Å². The van der Waals surface area contributed by atoms with Crippen LogP contribution in [0.4, 0.5) is 4.39 Å². The van der Waals surface area contributed by atoms with Gasteiger partial charge >= 0.3 is 5.97 Å². The van der Waals surface area contributed by atoms with Gasteiger partial charge in [0, 0.05) is 0 Å². The maximum atomic E-state index is 13.9. The maximum Gasteiger partial charge on any atom is 0.343 e. The number of carbonyl (C=O) groups is 1. The van der Waals surface area contributed by atoms with Crippen LogP contribution in [-0.4, -0.2) is 5.97 Å². The molecule has 0 amide bonds. The lowest BCUT2D eigenvalue weighted by molar-refractivity contribution is 0.0728. The fraction of sp³-hybridized carbons (Fsp3) is 0.316. The standard InChI is InChI=1S/C19H21FO2/c1-3-5-14-7-10-16(11-8-14)19(21)22-18-12-9-15(6-4-2)13-17(18)20/h7-13H,3-6H2,1-2H3. The van der Waals surface area contributed by atoms with E-state index in [0.29, 0.717) is 5.56 Å². The van der Waals surface area contributed by atoms with Crippen molar-refractivity contribution < 1.29 is 13.9 Å². The van der Waals surface area contributed by atoms with Crippen LogP contribution in [0.2, 0.25) is 0 Å². The third-order valence-electron chi connectivity index (χ3n) is 3.47. The van der Waals surface area contributed by atoms with Gasteiger partial charge in [0.15, 0.2) is 11.6 Å². The van der Waals surface area contributed by atoms with Crippen LogP contribution in [-0.2, 0) is 12.8 Å². The molecule has 22 heavy (non-hydrogen) atoms. The highest BCUT2D eigenvalue weighted by Gasteiger charge is 2.12. The summed E-state index contributed by atoms with van der Waals surface area (Å²) in [6.07, 6.45) is 3.79. The summed E-state index contributed by atoms with van der Waals surface area (Å²) in [7, 11) is 0. The Balaban J connectivity index is 2.08. The highest BCUT2D eigenvalue weighted by molar-refractivity contribution is 5.91. The van der Waals surface area contributed by atoms with Crippen molar-refractivity contribution in [3.05, 3.63) is 65.0 Å². The molecule has 0 spiro atoms. The van der Waals surface area contributed by atoms with Crippen molar-refractivity contribution in [1.82, 2.24) is 0 Å². The first-order valence-corrected chi connectivity index (χ1v) is 7.73. The van der Waals surface area contributed by atoms with Crippen LogP contribution in [0.15, 0.2) is 42.5 Å². The van der Waals surface area contributed by atoms with E-state index < -0.39 is 11.8 Å². The number of esters is 1. The third-order valence-corrected chi connectivity index (χ3v) is 3.47. The summed E-state index contributed by atoms with van der Waals surface area (Å²) in [6, 6.07) is 12.0. The monoisotopic (exact) mass is 300 g/mol. The number of ether oxygens (including phenoxy) is 1. The molecule has 116 valence electrons. The topological polar surface area (TPSA) is 26.3 Å². The van der Waals surface area contributed by atoms with Crippen LogP contribution in [0.3, 0.4) is 0 Å². The minimum absolute atomic E-state index is 0.0255. The van der Waals surface area contributed by atoms with E-state index in [1.165, 1.54) is 17.7 Å². The first-order valence-electron chi connectivity index (χ1n) is 7.73. The minimum Gasteiger partial charge on any atom is -0.420 e. The van der Waals surface area contributed by atoms with Gasteiger partial charge in [-0.2, -0.15) is 0 Å². The fourth-order valence-corrected chi connectivity index (χ4v) is 2.33. The lowest BCUT2D eigenvalue weighted by Crippen LogP contribution is -2.09. The molecule has 0 unspecified atom stereocenters. The Bertz CT molecular complexity index is 632. The first-order chi connectivity index (χ1) is 10.6. The van der Waals surface area contributed by atoms with Crippen molar-refractivity contribution in [3.63, 3.8) is 0 Å². The van der Waals surface area contributed by atoms with Gasteiger partial charge in [0.2, 0.25) is 0 Å². The second kappa shape index (κ2) is 7.74. The summed E-state index contributed by atoms with van der Waals surface area (Å²) in [5, 5.41) is 0. The molecule has 2 aromatic carbocycles. The Morgan fingerprint density at radius 2 is 1.55 bits per heavy atom. The average molecular weight is 300 g/mol.